The minimum Gasteiger partial charge on any atom is -0.244 e. The Morgan fingerprint density at radius 3 is 2.50 bits per heavy atom. The van der Waals surface area contributed by atoms with E-state index < -0.39 is 0 Å². The lowest BCUT2D eigenvalue weighted by molar-refractivity contribution is 0.893. The number of aromatic nitrogens is 2. The highest BCUT2D eigenvalue weighted by atomic mass is 127. The molecule has 0 radical (unpaired) electrons. The minimum absolute atomic E-state index is 0.153. The Morgan fingerprint density at radius 2 is 1.89 bits per heavy atom. The first-order chi connectivity index (χ1) is 8.76. The predicted molar refractivity (Wildman–Crippen MR) is 93.8 cm³/mol. The molecule has 1 aromatic carbocycles. The molecule has 18 heavy (non-hydrogen) atoms. The van der Waals surface area contributed by atoms with Gasteiger partial charge in [0, 0.05) is 0 Å². The van der Waals surface area contributed by atoms with E-state index in [9.17, 15) is 0 Å². The number of hydrogen-bond acceptors (Lipinski definition) is 2. The molecule has 2 aromatic rings. The number of nitrogens with zero attached hydrogens (tertiary/aromatic N) is 2. The van der Waals surface area contributed by atoms with Crippen LogP contribution < -0.4 is 10.9 Å². The van der Waals surface area contributed by atoms with E-state index in [1.165, 1.54) is 29.9 Å². The molecule has 0 spiro atoms. The summed E-state index contributed by atoms with van der Waals surface area (Å²) in [5, 5.41) is 0. The lowest BCUT2D eigenvalue weighted by Crippen LogP contribution is -2.25. The van der Waals surface area contributed by atoms with Gasteiger partial charge < -0.3 is 0 Å². The zero-order valence-electron chi connectivity index (χ0n) is 10.7. The number of para-hydroxylation sites is 2. The highest BCUT2D eigenvalue weighted by Gasteiger charge is 2.13. The molecule has 96 valence electrons. The molecule has 2 rings (SSSR count). The largest absolute Gasteiger partial charge is 0.244 e. The van der Waals surface area contributed by atoms with Crippen LogP contribution >= 0.6 is 36.2 Å². The van der Waals surface area contributed by atoms with Crippen LogP contribution in [0.2, 0.25) is 0 Å². The molecule has 1 aromatic heterocycles. The van der Waals surface area contributed by atoms with E-state index in [4.69, 9.17) is 9.97 Å². The number of hydrogen-bond donors (Lipinski definition) is 0. The molecule has 5 heteroatoms. The Kier molecular flexibility index (Phi) is 5.72. The fourth-order valence-electron chi connectivity index (χ4n) is 1.82. The van der Waals surface area contributed by atoms with Crippen molar-refractivity contribution in [3.8, 4) is 0 Å². The van der Waals surface area contributed by atoms with Gasteiger partial charge in [0.15, 0.2) is 0 Å². The zero-order valence-corrected chi connectivity index (χ0v) is 14.7. The molecule has 2 nitrogen and oxygen atoms in total. The van der Waals surface area contributed by atoms with Crippen LogP contribution in [0.4, 0.5) is 0 Å². The standard InChI is InChI=1S/C13H17IN2P2/c1-3-4-9-18(2)13-12(17-14)15-10-7-5-6-8-11(10)16-13/h5-8,17H,3-4,9H2,1-2H3/t18-/m1/s1. The maximum absolute atomic E-state index is 4.87. The molecule has 0 fully saturated rings. The number of unbranched alkanes of at least 4 members (excludes halogenated alkanes) is 1. The van der Waals surface area contributed by atoms with Gasteiger partial charge >= 0.3 is 0 Å². The average Bonchev–Trinajstić information content (AvgIpc) is 2.43. The van der Waals surface area contributed by atoms with E-state index >= 15 is 0 Å². The molecule has 0 N–H and O–H groups in total. The molecule has 0 aliphatic heterocycles. The smallest absolute Gasteiger partial charge is 0.0967 e. The first kappa shape index (κ1) is 14.6. The lowest BCUT2D eigenvalue weighted by atomic mass is 10.3. The zero-order chi connectivity index (χ0) is 13.0. The van der Waals surface area contributed by atoms with E-state index in [1.54, 1.807) is 0 Å². The SMILES string of the molecule is CCCC[P@@](C)c1nc2ccccc2nc1PI. The first-order valence-corrected chi connectivity index (χ1v) is 12.2. The topological polar surface area (TPSA) is 25.8 Å². The second-order valence-corrected chi connectivity index (χ2v) is 8.80. The summed E-state index contributed by atoms with van der Waals surface area (Å²) in [6, 6.07) is 8.19. The third kappa shape index (κ3) is 3.37. The fourth-order valence-corrected chi connectivity index (χ4v) is 6.33. The first-order valence-electron chi connectivity index (χ1n) is 6.10. The highest BCUT2D eigenvalue weighted by Crippen LogP contribution is 2.32. The highest BCUT2D eigenvalue weighted by molar-refractivity contribution is 14.2. The summed E-state index contributed by atoms with van der Waals surface area (Å²) in [5.74, 6) is 0. The van der Waals surface area contributed by atoms with Gasteiger partial charge in [0.05, 0.1) is 21.9 Å². The van der Waals surface area contributed by atoms with Crippen molar-refractivity contribution in [1.82, 2.24) is 9.97 Å². The maximum Gasteiger partial charge on any atom is 0.0967 e. The predicted octanol–water partition coefficient (Wildman–Crippen LogP) is 3.82. The Labute approximate surface area is 124 Å². The van der Waals surface area contributed by atoms with E-state index in [-0.39, 0.29) is 7.92 Å². The van der Waals surface area contributed by atoms with E-state index in [0.717, 1.165) is 11.0 Å². The quantitative estimate of drug-likeness (QED) is 0.573. The number of benzene rings is 1. The van der Waals surface area contributed by atoms with Crippen LogP contribution in [0.5, 0.6) is 0 Å². The molecule has 1 unspecified atom stereocenters. The van der Waals surface area contributed by atoms with Crippen molar-refractivity contribution in [2.45, 2.75) is 19.8 Å². The Hall–Kier alpha value is 0.150. The van der Waals surface area contributed by atoms with Gasteiger partial charge in [-0.15, -0.1) is 0 Å². The Balaban J connectivity index is 2.41. The molecule has 2 atom stereocenters. The minimum atomic E-state index is -0.153. The lowest BCUT2D eigenvalue weighted by Gasteiger charge is -2.14. The van der Waals surface area contributed by atoms with E-state index in [0.29, 0.717) is 6.22 Å². The Morgan fingerprint density at radius 1 is 1.22 bits per heavy atom. The van der Waals surface area contributed by atoms with Crippen molar-refractivity contribution in [2.75, 3.05) is 12.8 Å². The number of rotatable bonds is 5. The summed E-state index contributed by atoms with van der Waals surface area (Å²) in [4.78, 5) is 9.65. The third-order valence-electron chi connectivity index (χ3n) is 2.85. The van der Waals surface area contributed by atoms with Gasteiger partial charge in [-0.3, -0.25) is 0 Å². The van der Waals surface area contributed by atoms with Crippen molar-refractivity contribution in [2.24, 2.45) is 0 Å². The molecule has 0 aliphatic carbocycles. The molecular formula is C13H17IN2P2. The summed E-state index contributed by atoms with van der Waals surface area (Å²) in [7, 11) is -0.153. The van der Waals surface area contributed by atoms with Gasteiger partial charge in [-0.2, -0.15) is 0 Å². The summed E-state index contributed by atoms with van der Waals surface area (Å²) in [6.45, 7) is 4.58. The Bertz CT molecular complexity index is 533. The molecule has 0 saturated carbocycles. The van der Waals surface area contributed by atoms with Crippen LogP contribution in [0.3, 0.4) is 0 Å². The summed E-state index contributed by atoms with van der Waals surface area (Å²) >= 11 is 2.42. The van der Waals surface area contributed by atoms with Gasteiger partial charge in [-0.1, -0.05) is 55.4 Å². The molecular weight excluding hydrogens is 373 g/mol. The molecule has 1 heterocycles. The van der Waals surface area contributed by atoms with Crippen molar-refractivity contribution >= 4 is 58.1 Å². The summed E-state index contributed by atoms with van der Waals surface area (Å²) in [6.07, 6.45) is 4.53. The second-order valence-electron chi connectivity index (χ2n) is 4.25. The van der Waals surface area contributed by atoms with Crippen LogP contribution in [-0.2, 0) is 0 Å². The molecule has 0 saturated heterocycles. The van der Waals surface area contributed by atoms with Crippen LogP contribution in [0.1, 0.15) is 19.8 Å². The third-order valence-corrected chi connectivity index (χ3v) is 7.14. The maximum atomic E-state index is 4.87. The van der Waals surface area contributed by atoms with Gasteiger partial charge in [0.25, 0.3) is 0 Å². The van der Waals surface area contributed by atoms with Crippen molar-refractivity contribution in [1.29, 1.82) is 0 Å². The average molecular weight is 390 g/mol. The van der Waals surface area contributed by atoms with E-state index in [1.807, 2.05) is 12.1 Å². The molecule has 0 bridgehead atoms. The number of fused-ring (bicyclic) bond motifs is 1. The van der Waals surface area contributed by atoms with Crippen molar-refractivity contribution in [3.05, 3.63) is 24.3 Å². The summed E-state index contributed by atoms with van der Waals surface area (Å²) in [5.41, 5.74) is 4.54. The van der Waals surface area contributed by atoms with Gasteiger partial charge in [-0.25, -0.2) is 9.97 Å². The van der Waals surface area contributed by atoms with Gasteiger partial charge in [0.1, 0.15) is 0 Å². The fraction of sp³-hybridized carbons (Fsp3) is 0.385. The van der Waals surface area contributed by atoms with Crippen LogP contribution in [0, 0.1) is 0 Å². The van der Waals surface area contributed by atoms with Crippen LogP contribution in [0.15, 0.2) is 24.3 Å². The number of halogens is 1. The van der Waals surface area contributed by atoms with E-state index in [2.05, 4.69) is 47.8 Å². The normalized spacial score (nSPS) is 13.5. The molecule has 0 amide bonds. The van der Waals surface area contributed by atoms with Crippen LogP contribution in [-0.4, -0.2) is 22.8 Å². The second kappa shape index (κ2) is 7.07. The van der Waals surface area contributed by atoms with Crippen molar-refractivity contribution in [3.63, 3.8) is 0 Å². The van der Waals surface area contributed by atoms with Crippen LogP contribution in [0.25, 0.3) is 11.0 Å². The monoisotopic (exact) mass is 390 g/mol. The van der Waals surface area contributed by atoms with Gasteiger partial charge in [0.2, 0.25) is 0 Å². The molecule has 0 aliphatic rings. The summed E-state index contributed by atoms with van der Waals surface area (Å²) < 4.78 is 0. The van der Waals surface area contributed by atoms with Crippen molar-refractivity contribution < 1.29 is 0 Å². The van der Waals surface area contributed by atoms with Gasteiger partial charge in [-0.05, 0) is 37.6 Å².